The second kappa shape index (κ2) is 6.79. The third kappa shape index (κ3) is 4.74. The van der Waals surface area contributed by atoms with E-state index in [0.29, 0.717) is 5.06 Å². The van der Waals surface area contributed by atoms with Crippen LogP contribution in [0.2, 0.25) is 0 Å². The highest BCUT2D eigenvalue weighted by molar-refractivity contribution is 7.36. The maximum absolute atomic E-state index is 11.6. The molecule has 2 atom stereocenters. The molecule has 0 saturated carbocycles. The van der Waals surface area contributed by atoms with Gasteiger partial charge in [-0.1, -0.05) is 0 Å². The van der Waals surface area contributed by atoms with E-state index in [-0.39, 0.29) is 18.9 Å². The van der Waals surface area contributed by atoms with Gasteiger partial charge >= 0.3 is 5.97 Å². The molecule has 0 aromatic heterocycles. The monoisotopic (exact) mass is 292 g/mol. The van der Waals surface area contributed by atoms with Crippen LogP contribution in [0.1, 0.15) is 33.6 Å². The van der Waals surface area contributed by atoms with E-state index in [0.717, 1.165) is 0 Å². The Kier molecular flexibility index (Phi) is 5.65. The number of hydrogen-bond donors (Lipinski definition) is 1. The van der Waals surface area contributed by atoms with Gasteiger partial charge in [-0.15, -0.1) is 5.06 Å². The van der Waals surface area contributed by atoms with Gasteiger partial charge in [0.25, 0.3) is 20.0 Å². The lowest BCUT2D eigenvalue weighted by Crippen LogP contribution is -2.35. The third-order valence-corrected chi connectivity index (χ3v) is 3.24. The van der Waals surface area contributed by atoms with Crippen molar-refractivity contribution >= 4 is 26.0 Å². The zero-order valence-corrected chi connectivity index (χ0v) is 12.0. The molecule has 1 unspecified atom stereocenters. The molecule has 1 rings (SSSR count). The second-order valence-corrected chi connectivity index (χ2v) is 5.36. The van der Waals surface area contributed by atoms with Crippen LogP contribution in [-0.4, -0.2) is 35.0 Å². The van der Waals surface area contributed by atoms with Crippen LogP contribution in [0, 0.1) is 0 Å². The summed E-state index contributed by atoms with van der Waals surface area (Å²) in [5.41, 5.74) is 0. The molecule has 2 amide bonds. The molecule has 9 heteroatoms. The lowest BCUT2D eigenvalue weighted by atomic mass is 10.4. The van der Waals surface area contributed by atoms with Crippen LogP contribution in [0.4, 0.5) is 0 Å². The summed E-state index contributed by atoms with van der Waals surface area (Å²) in [4.78, 5) is 33.9. The molecule has 1 aliphatic rings. The average Bonchev–Trinajstić information content (AvgIpc) is 2.59. The van der Waals surface area contributed by atoms with Gasteiger partial charge in [0, 0.05) is 12.8 Å². The highest BCUT2D eigenvalue weighted by atomic mass is 31.1. The molecule has 19 heavy (non-hydrogen) atoms. The summed E-state index contributed by atoms with van der Waals surface area (Å²) in [5, 5.41) is 2.84. The highest BCUT2D eigenvalue weighted by Gasteiger charge is 2.32. The number of esters is 1. The van der Waals surface area contributed by atoms with Crippen molar-refractivity contribution in [1.82, 2.24) is 10.2 Å². The quantitative estimate of drug-likeness (QED) is 0.429. The van der Waals surface area contributed by atoms with E-state index in [1.807, 2.05) is 0 Å². The van der Waals surface area contributed by atoms with Gasteiger partial charge in [0.1, 0.15) is 6.04 Å². The van der Waals surface area contributed by atoms with Crippen LogP contribution >= 0.6 is 8.18 Å². The zero-order valence-electron chi connectivity index (χ0n) is 11.0. The van der Waals surface area contributed by atoms with Crippen LogP contribution in [0.15, 0.2) is 0 Å². The van der Waals surface area contributed by atoms with E-state index in [4.69, 9.17) is 9.36 Å². The molecule has 0 aliphatic carbocycles. The number of imide groups is 1. The number of carbonyl (C=O) groups excluding carboxylic acids is 3. The number of rotatable bonds is 6. The van der Waals surface area contributed by atoms with E-state index < -0.39 is 32.0 Å². The molecule has 0 radical (unpaired) electrons. The minimum atomic E-state index is -2.93. The molecule has 108 valence electrons. The van der Waals surface area contributed by atoms with Crippen LogP contribution in [0.3, 0.4) is 0 Å². The number of ether oxygens (including phenoxy) is 1. The fourth-order valence-corrected chi connectivity index (χ4v) is 2.23. The van der Waals surface area contributed by atoms with Gasteiger partial charge in [-0.2, -0.15) is 4.62 Å². The van der Waals surface area contributed by atoms with Crippen LogP contribution in [0.5, 0.6) is 0 Å². The van der Waals surface area contributed by atoms with Crippen molar-refractivity contribution in [2.45, 2.75) is 45.8 Å². The minimum absolute atomic E-state index is 0.0406. The lowest BCUT2D eigenvalue weighted by molar-refractivity contribution is -0.163. The van der Waals surface area contributed by atoms with Gasteiger partial charge in [0.2, 0.25) is 0 Å². The second-order valence-electron chi connectivity index (χ2n) is 4.31. The van der Waals surface area contributed by atoms with E-state index >= 15 is 0 Å². The first kappa shape index (κ1) is 15.8. The van der Waals surface area contributed by atoms with Crippen molar-refractivity contribution in [3.05, 3.63) is 0 Å². The Morgan fingerprint density at radius 3 is 2.26 bits per heavy atom. The van der Waals surface area contributed by atoms with Gasteiger partial charge in [0.15, 0.2) is 0 Å². The zero-order chi connectivity index (χ0) is 14.6. The third-order valence-electron chi connectivity index (χ3n) is 2.22. The van der Waals surface area contributed by atoms with Crippen molar-refractivity contribution in [2.24, 2.45) is 0 Å². The molecule has 8 nitrogen and oxygen atoms in total. The number of nitrogens with zero attached hydrogens (tertiary/aromatic N) is 1. The van der Waals surface area contributed by atoms with Crippen molar-refractivity contribution in [2.75, 3.05) is 0 Å². The van der Waals surface area contributed by atoms with E-state index in [1.165, 1.54) is 6.92 Å². The van der Waals surface area contributed by atoms with E-state index in [2.05, 4.69) is 5.09 Å². The first-order chi connectivity index (χ1) is 8.81. The van der Waals surface area contributed by atoms with E-state index in [1.54, 1.807) is 13.8 Å². The van der Waals surface area contributed by atoms with Crippen LogP contribution in [0.25, 0.3) is 0 Å². The summed E-state index contributed by atoms with van der Waals surface area (Å²) >= 11 is 0. The normalized spacial score (nSPS) is 18.8. The summed E-state index contributed by atoms with van der Waals surface area (Å²) in [6.07, 6.45) is -0.209. The first-order valence-corrected chi connectivity index (χ1v) is 7.17. The molecule has 1 heterocycles. The van der Waals surface area contributed by atoms with Crippen molar-refractivity contribution in [3.8, 4) is 0 Å². The fourth-order valence-electron chi connectivity index (χ4n) is 1.34. The molecule has 0 bridgehead atoms. The summed E-state index contributed by atoms with van der Waals surface area (Å²) in [6, 6.07) is -0.860. The summed E-state index contributed by atoms with van der Waals surface area (Å²) in [7, 11) is -2.93. The van der Waals surface area contributed by atoms with Gasteiger partial charge in [0.05, 0.1) is 6.10 Å². The maximum atomic E-state index is 11.6. The molecule has 1 fully saturated rings. The number of amides is 2. The average molecular weight is 292 g/mol. The van der Waals surface area contributed by atoms with E-state index in [9.17, 15) is 18.9 Å². The summed E-state index contributed by atoms with van der Waals surface area (Å²) in [6.45, 7) is 4.82. The predicted octanol–water partition coefficient (Wildman–Crippen LogP) is 0.386. The molecule has 0 aromatic carbocycles. The topological polar surface area (TPSA) is 102 Å². The Morgan fingerprint density at radius 1 is 1.26 bits per heavy atom. The first-order valence-electron chi connectivity index (χ1n) is 5.86. The lowest BCUT2D eigenvalue weighted by Gasteiger charge is -2.17. The molecular formula is C10H17N2O6P. The standard InChI is InChI=1S/C10H17N2O6P/c1-6(2)17-10(15)7(3)11-19(16)18-12-8(13)4-5-9(12)14/h6-7,19H,4-5H2,1-3H3,(H,11,16)/t7-/m0/s1. The minimum Gasteiger partial charge on any atom is -0.462 e. The Hall–Kier alpha value is -1.24. The molecule has 1 aliphatic heterocycles. The predicted molar refractivity (Wildman–Crippen MR) is 65.0 cm³/mol. The van der Waals surface area contributed by atoms with Crippen molar-refractivity contribution < 1.29 is 28.3 Å². The molecule has 1 N–H and O–H groups in total. The summed E-state index contributed by atoms with van der Waals surface area (Å²) < 4.78 is 21.2. The molecule has 1 saturated heterocycles. The Balaban J connectivity index is 2.44. The Labute approximate surface area is 111 Å². The molecule has 0 aromatic rings. The number of nitrogens with one attached hydrogen (secondary N) is 1. The molecular weight excluding hydrogens is 275 g/mol. The van der Waals surface area contributed by atoms with Crippen LogP contribution in [-0.2, 0) is 28.3 Å². The van der Waals surface area contributed by atoms with Crippen molar-refractivity contribution in [1.29, 1.82) is 0 Å². The highest BCUT2D eigenvalue weighted by Crippen LogP contribution is 2.24. The van der Waals surface area contributed by atoms with Gasteiger partial charge in [-0.05, 0) is 20.8 Å². The smallest absolute Gasteiger partial charge is 0.323 e. The van der Waals surface area contributed by atoms with Crippen molar-refractivity contribution in [3.63, 3.8) is 0 Å². The van der Waals surface area contributed by atoms with Gasteiger partial charge in [-0.25, -0.2) is 5.09 Å². The number of hydroxylamine groups is 2. The van der Waals surface area contributed by atoms with Crippen LogP contribution < -0.4 is 5.09 Å². The number of carbonyl (C=O) groups is 3. The van der Waals surface area contributed by atoms with Gasteiger partial charge in [-0.3, -0.25) is 18.9 Å². The fraction of sp³-hybridized carbons (Fsp3) is 0.700. The Bertz CT molecular complexity index is 395. The maximum Gasteiger partial charge on any atom is 0.323 e. The SMILES string of the molecule is CC(C)OC(=O)[C@H](C)N[PH](=O)ON1C(=O)CCC1=O. The van der Waals surface area contributed by atoms with Gasteiger partial charge < -0.3 is 4.74 Å². The molecule has 0 spiro atoms. The summed E-state index contributed by atoms with van der Waals surface area (Å²) in [5.74, 6) is -1.67. The number of hydrogen-bond acceptors (Lipinski definition) is 6. The Morgan fingerprint density at radius 2 is 1.79 bits per heavy atom. The largest absolute Gasteiger partial charge is 0.462 e.